The predicted octanol–water partition coefficient (Wildman–Crippen LogP) is 2.73. The molecule has 6 nitrogen and oxygen atoms in total. The van der Waals surface area contributed by atoms with E-state index in [1.165, 1.54) is 18.2 Å². The van der Waals surface area contributed by atoms with Crippen LogP contribution in [0.1, 0.15) is 44.0 Å². The number of carbonyl (C=O) groups excluding carboxylic acids is 1. The molecule has 6 heteroatoms. The van der Waals surface area contributed by atoms with E-state index in [9.17, 15) is 14.9 Å². The third kappa shape index (κ3) is 4.22. The van der Waals surface area contributed by atoms with E-state index in [2.05, 4.69) is 19.2 Å². The van der Waals surface area contributed by atoms with Crippen LogP contribution in [0.5, 0.6) is 0 Å². The highest BCUT2D eigenvalue weighted by Gasteiger charge is 2.21. The number of nitrogens with two attached hydrogens (primary N) is 1. The van der Waals surface area contributed by atoms with Gasteiger partial charge in [0, 0.05) is 17.8 Å². The molecular formula is C14H21N3O3. The van der Waals surface area contributed by atoms with E-state index >= 15 is 0 Å². The summed E-state index contributed by atoms with van der Waals surface area (Å²) in [4.78, 5) is 22.5. The number of nitro groups is 1. The second-order valence-electron chi connectivity index (χ2n) is 5.16. The van der Waals surface area contributed by atoms with E-state index in [4.69, 9.17) is 5.73 Å². The van der Waals surface area contributed by atoms with E-state index in [0.717, 1.165) is 12.8 Å². The Labute approximate surface area is 118 Å². The molecule has 0 spiro atoms. The minimum atomic E-state index is -0.576. The van der Waals surface area contributed by atoms with Crippen LogP contribution in [0.2, 0.25) is 0 Å². The molecule has 0 fully saturated rings. The SMILES string of the molecule is CCC(C)CC(C)NC(=O)c1cc(N)ccc1[N+](=O)[O-]. The zero-order valence-corrected chi connectivity index (χ0v) is 12.1. The number of hydrogen-bond acceptors (Lipinski definition) is 4. The van der Waals surface area contributed by atoms with Gasteiger partial charge in [-0.15, -0.1) is 0 Å². The summed E-state index contributed by atoms with van der Waals surface area (Å²) in [5.74, 6) is 0.0286. The Kier molecular flexibility index (Phi) is 5.49. The molecule has 1 rings (SSSR count). The number of nitrogen functional groups attached to an aromatic ring is 1. The van der Waals surface area contributed by atoms with Crippen LogP contribution in [0.3, 0.4) is 0 Å². The van der Waals surface area contributed by atoms with Gasteiger partial charge in [-0.25, -0.2) is 0 Å². The minimum Gasteiger partial charge on any atom is -0.399 e. The Morgan fingerprint density at radius 3 is 2.65 bits per heavy atom. The van der Waals surface area contributed by atoms with Crippen LogP contribution in [0, 0.1) is 16.0 Å². The number of nitrogens with zero attached hydrogens (tertiary/aromatic N) is 1. The van der Waals surface area contributed by atoms with E-state index in [1.807, 2.05) is 6.92 Å². The highest BCUT2D eigenvalue weighted by molar-refractivity contribution is 5.99. The summed E-state index contributed by atoms with van der Waals surface area (Å²) in [5.41, 5.74) is 5.70. The first-order valence-electron chi connectivity index (χ1n) is 6.69. The number of anilines is 1. The number of benzene rings is 1. The lowest BCUT2D eigenvalue weighted by atomic mass is 10.00. The van der Waals surface area contributed by atoms with Gasteiger partial charge in [0.1, 0.15) is 5.56 Å². The summed E-state index contributed by atoms with van der Waals surface area (Å²) in [6, 6.07) is 3.96. The molecule has 1 amide bonds. The van der Waals surface area contributed by atoms with Crippen LogP contribution in [-0.4, -0.2) is 16.9 Å². The summed E-state index contributed by atoms with van der Waals surface area (Å²) in [7, 11) is 0. The fraction of sp³-hybridized carbons (Fsp3) is 0.500. The second-order valence-corrected chi connectivity index (χ2v) is 5.16. The van der Waals surface area contributed by atoms with Crippen LogP contribution < -0.4 is 11.1 Å². The Hall–Kier alpha value is -2.11. The smallest absolute Gasteiger partial charge is 0.282 e. The molecular weight excluding hydrogens is 258 g/mol. The summed E-state index contributed by atoms with van der Waals surface area (Å²) in [5, 5.41) is 13.7. The van der Waals surface area contributed by atoms with Crippen molar-refractivity contribution in [2.24, 2.45) is 5.92 Å². The zero-order valence-electron chi connectivity index (χ0n) is 12.1. The van der Waals surface area contributed by atoms with Crippen molar-refractivity contribution in [3.05, 3.63) is 33.9 Å². The van der Waals surface area contributed by atoms with Crippen molar-refractivity contribution in [3.63, 3.8) is 0 Å². The van der Waals surface area contributed by atoms with Gasteiger partial charge in [-0.05, 0) is 31.4 Å². The van der Waals surface area contributed by atoms with Crippen molar-refractivity contribution < 1.29 is 9.72 Å². The molecule has 0 radical (unpaired) electrons. The third-order valence-electron chi connectivity index (χ3n) is 3.29. The lowest BCUT2D eigenvalue weighted by molar-refractivity contribution is -0.385. The average molecular weight is 279 g/mol. The zero-order chi connectivity index (χ0) is 15.3. The summed E-state index contributed by atoms with van der Waals surface area (Å²) in [6.07, 6.45) is 1.86. The number of nitrogens with one attached hydrogen (secondary N) is 1. The molecule has 1 aromatic carbocycles. The van der Waals surface area contributed by atoms with E-state index in [-0.39, 0.29) is 17.3 Å². The van der Waals surface area contributed by atoms with Gasteiger partial charge in [0.05, 0.1) is 4.92 Å². The van der Waals surface area contributed by atoms with Crippen LogP contribution >= 0.6 is 0 Å². The van der Waals surface area contributed by atoms with E-state index in [1.54, 1.807) is 0 Å². The predicted molar refractivity (Wildman–Crippen MR) is 78.5 cm³/mol. The molecule has 0 heterocycles. The van der Waals surface area contributed by atoms with Crippen LogP contribution in [0.4, 0.5) is 11.4 Å². The molecule has 3 N–H and O–H groups in total. The molecule has 2 atom stereocenters. The first-order chi connectivity index (χ1) is 9.35. The van der Waals surface area contributed by atoms with Crippen molar-refractivity contribution >= 4 is 17.3 Å². The highest BCUT2D eigenvalue weighted by atomic mass is 16.6. The van der Waals surface area contributed by atoms with Gasteiger partial charge in [0.15, 0.2) is 0 Å². The summed E-state index contributed by atoms with van der Waals surface area (Å²) >= 11 is 0. The summed E-state index contributed by atoms with van der Waals surface area (Å²) in [6.45, 7) is 6.08. The number of hydrogen-bond donors (Lipinski definition) is 2. The number of nitro benzene ring substituents is 1. The van der Waals surface area contributed by atoms with Gasteiger partial charge in [-0.3, -0.25) is 14.9 Å². The molecule has 20 heavy (non-hydrogen) atoms. The normalized spacial score (nSPS) is 13.6. The number of amides is 1. The second kappa shape index (κ2) is 6.88. The molecule has 0 aliphatic heterocycles. The van der Waals surface area contributed by atoms with E-state index in [0.29, 0.717) is 11.6 Å². The maximum Gasteiger partial charge on any atom is 0.282 e. The van der Waals surface area contributed by atoms with Crippen LogP contribution in [0.15, 0.2) is 18.2 Å². The largest absolute Gasteiger partial charge is 0.399 e. The molecule has 2 unspecified atom stereocenters. The van der Waals surface area contributed by atoms with Gasteiger partial charge in [-0.2, -0.15) is 0 Å². The van der Waals surface area contributed by atoms with Crippen molar-refractivity contribution in [2.45, 2.75) is 39.7 Å². The first-order valence-corrected chi connectivity index (χ1v) is 6.69. The Balaban J connectivity index is 2.86. The first kappa shape index (κ1) is 15.9. The van der Waals surface area contributed by atoms with E-state index < -0.39 is 10.8 Å². The molecule has 0 saturated heterocycles. The molecule has 110 valence electrons. The topological polar surface area (TPSA) is 98.3 Å². The van der Waals surface area contributed by atoms with Gasteiger partial charge in [0.25, 0.3) is 11.6 Å². The van der Waals surface area contributed by atoms with Crippen molar-refractivity contribution in [1.82, 2.24) is 5.32 Å². The summed E-state index contributed by atoms with van der Waals surface area (Å²) < 4.78 is 0. The minimum absolute atomic E-state index is 0.00556. The molecule has 0 aliphatic rings. The number of rotatable bonds is 6. The average Bonchev–Trinajstić information content (AvgIpc) is 2.37. The standard InChI is InChI=1S/C14H21N3O3/c1-4-9(2)7-10(3)16-14(18)12-8-11(15)5-6-13(12)17(19)20/h5-6,8-10H,4,7,15H2,1-3H3,(H,16,18). The highest BCUT2D eigenvalue weighted by Crippen LogP contribution is 2.21. The third-order valence-corrected chi connectivity index (χ3v) is 3.29. The lowest BCUT2D eigenvalue weighted by Gasteiger charge is -2.17. The molecule has 0 saturated carbocycles. The Morgan fingerprint density at radius 1 is 1.45 bits per heavy atom. The van der Waals surface area contributed by atoms with Crippen molar-refractivity contribution in [3.8, 4) is 0 Å². The van der Waals surface area contributed by atoms with Crippen molar-refractivity contribution in [1.29, 1.82) is 0 Å². The maximum absolute atomic E-state index is 12.1. The van der Waals surface area contributed by atoms with Crippen LogP contribution in [0.25, 0.3) is 0 Å². The maximum atomic E-state index is 12.1. The molecule has 0 aromatic heterocycles. The van der Waals surface area contributed by atoms with Gasteiger partial charge < -0.3 is 11.1 Å². The quantitative estimate of drug-likeness (QED) is 0.475. The molecule has 1 aromatic rings. The van der Waals surface area contributed by atoms with Gasteiger partial charge in [0.2, 0.25) is 0 Å². The fourth-order valence-electron chi connectivity index (χ4n) is 2.03. The molecule has 0 aliphatic carbocycles. The van der Waals surface area contributed by atoms with Gasteiger partial charge >= 0.3 is 0 Å². The monoisotopic (exact) mass is 279 g/mol. The lowest BCUT2D eigenvalue weighted by Crippen LogP contribution is -2.34. The fourth-order valence-corrected chi connectivity index (χ4v) is 2.03. The van der Waals surface area contributed by atoms with Crippen LogP contribution in [-0.2, 0) is 0 Å². The Morgan fingerprint density at radius 2 is 2.10 bits per heavy atom. The Bertz CT molecular complexity index is 502. The van der Waals surface area contributed by atoms with Gasteiger partial charge in [-0.1, -0.05) is 20.3 Å². The van der Waals surface area contributed by atoms with Crippen molar-refractivity contribution in [2.75, 3.05) is 5.73 Å². The molecule has 0 bridgehead atoms. The number of carbonyl (C=O) groups is 1.